The molecule has 0 radical (unpaired) electrons. The van der Waals surface area contributed by atoms with Gasteiger partial charge in [-0.15, -0.1) is 0 Å². The summed E-state index contributed by atoms with van der Waals surface area (Å²) in [6, 6.07) is 0. The molecule has 0 aliphatic carbocycles. The van der Waals surface area contributed by atoms with Gasteiger partial charge in [0.15, 0.2) is 69.0 Å². The number of phenolic OH excluding ortho intramolecular Hbond substituents is 12. The van der Waals surface area contributed by atoms with Crippen molar-refractivity contribution in [1.29, 1.82) is 0 Å². The molecule has 12 nitrogen and oxygen atoms in total. The van der Waals surface area contributed by atoms with Crippen LogP contribution in [0.1, 0.15) is 0 Å². The van der Waals surface area contributed by atoms with Crippen LogP contribution in [-0.2, 0) is 42.1 Å². The Labute approximate surface area is 563 Å². The van der Waals surface area contributed by atoms with Gasteiger partial charge in [-0.2, -0.15) is 0 Å². The van der Waals surface area contributed by atoms with Crippen molar-refractivity contribution < 1.29 is 103 Å². The molecule has 0 saturated carbocycles. The molecule has 0 bridgehead atoms. The van der Waals surface area contributed by atoms with Crippen molar-refractivity contribution in [2.75, 3.05) is 0 Å². The van der Waals surface area contributed by atoms with E-state index in [-0.39, 0.29) is 163 Å². The summed E-state index contributed by atoms with van der Waals surface area (Å²) in [5.41, 5.74) is 0. The minimum Gasteiger partial charge on any atom is -0.503 e. The van der Waals surface area contributed by atoms with Crippen molar-refractivity contribution >= 4 is 278 Å². The fraction of sp³-hybridized carbons (Fsp3) is 0. The minimum atomic E-state index is -0.573. The topological polar surface area (TPSA) is 243 Å². The molecular formula is C36H12Cl24Mo2O12. The third-order valence-electron chi connectivity index (χ3n) is 7.31. The number of halogens is 24. The van der Waals surface area contributed by atoms with Crippen LogP contribution in [0, 0.1) is 0 Å². The minimum absolute atomic E-state index is 0. The van der Waals surface area contributed by atoms with Crippen LogP contribution in [0.2, 0.25) is 121 Å². The van der Waals surface area contributed by atoms with Gasteiger partial charge in [0.2, 0.25) is 0 Å². The fourth-order valence-corrected chi connectivity index (χ4v) is 8.65. The number of hydrogen-bond acceptors (Lipinski definition) is 12. The molecule has 6 rings (SSSR count). The van der Waals surface area contributed by atoms with Crippen molar-refractivity contribution in [3.05, 3.63) is 121 Å². The number of aromatic hydroxyl groups is 12. The molecule has 0 heterocycles. The van der Waals surface area contributed by atoms with Gasteiger partial charge in [-0.1, -0.05) is 278 Å². The molecule has 0 saturated heterocycles. The second-order valence-electron chi connectivity index (χ2n) is 11.7. The van der Waals surface area contributed by atoms with Crippen LogP contribution in [-0.4, -0.2) is 61.3 Å². The van der Waals surface area contributed by atoms with Crippen molar-refractivity contribution in [3.8, 4) is 69.0 Å². The summed E-state index contributed by atoms with van der Waals surface area (Å²) in [5, 5.41) is 105. The van der Waals surface area contributed by atoms with Crippen molar-refractivity contribution in [3.63, 3.8) is 0 Å². The van der Waals surface area contributed by atoms with Crippen molar-refractivity contribution in [1.82, 2.24) is 0 Å². The summed E-state index contributed by atoms with van der Waals surface area (Å²) >= 11 is 132. The third-order valence-corrected chi connectivity index (χ3v) is 18.0. The van der Waals surface area contributed by atoms with E-state index in [4.69, 9.17) is 340 Å². The van der Waals surface area contributed by atoms with E-state index in [0.29, 0.717) is 0 Å². The van der Waals surface area contributed by atoms with E-state index in [2.05, 4.69) is 0 Å². The molecule has 12 N–H and O–H groups in total. The molecule has 0 aliphatic heterocycles. The summed E-state index contributed by atoms with van der Waals surface area (Å²) < 4.78 is 0. The van der Waals surface area contributed by atoms with E-state index in [9.17, 15) is 0 Å². The van der Waals surface area contributed by atoms with Gasteiger partial charge in [-0.05, 0) is 0 Å². The summed E-state index contributed by atoms with van der Waals surface area (Å²) in [6.07, 6.45) is 0. The maximum Gasteiger partial charge on any atom is 0.179 e. The van der Waals surface area contributed by atoms with Crippen LogP contribution >= 0.6 is 278 Å². The Hall–Kier alpha value is 1.26. The zero-order valence-corrected chi connectivity index (χ0v) is 55.4. The first-order valence-corrected chi connectivity index (χ1v) is 25.3. The third kappa shape index (κ3) is 18.1. The molecule has 6 aromatic carbocycles. The van der Waals surface area contributed by atoms with Crippen LogP contribution in [0.15, 0.2) is 0 Å². The van der Waals surface area contributed by atoms with Crippen LogP contribution in [0.3, 0.4) is 0 Å². The molecule has 408 valence electrons. The van der Waals surface area contributed by atoms with Crippen LogP contribution in [0.25, 0.3) is 0 Å². The molecule has 0 amide bonds. The molecule has 0 fully saturated rings. The Morgan fingerprint density at radius 3 is 0.189 bits per heavy atom. The van der Waals surface area contributed by atoms with Gasteiger partial charge in [-0.25, -0.2) is 0 Å². The SMILES string of the molecule is Oc1c(O)c(Cl)c(Cl)c(Cl)c1Cl.Oc1c(O)c(Cl)c(Cl)c(Cl)c1Cl.Oc1c(O)c(Cl)c(Cl)c(Cl)c1Cl.Oc1c(O)c(Cl)c(Cl)c(Cl)c1Cl.Oc1c(O)c(Cl)c(Cl)c(Cl)c1Cl.Oc1c(O)c(Cl)c(Cl)c(Cl)c1Cl.[Mo].[Mo]. The summed E-state index contributed by atoms with van der Waals surface area (Å²) in [4.78, 5) is 0. The van der Waals surface area contributed by atoms with Gasteiger partial charge in [-0.3, -0.25) is 0 Å². The largest absolute Gasteiger partial charge is 0.503 e. The fourth-order valence-electron chi connectivity index (χ4n) is 3.65. The average Bonchev–Trinajstić information content (AvgIpc) is 3.37. The number of benzene rings is 6. The van der Waals surface area contributed by atoms with Gasteiger partial charge in [0.25, 0.3) is 0 Å². The van der Waals surface area contributed by atoms with Gasteiger partial charge < -0.3 is 61.3 Å². The molecule has 0 unspecified atom stereocenters. The van der Waals surface area contributed by atoms with E-state index in [1.165, 1.54) is 0 Å². The molecule has 74 heavy (non-hydrogen) atoms. The van der Waals surface area contributed by atoms with Crippen LogP contribution in [0.4, 0.5) is 0 Å². The smallest absolute Gasteiger partial charge is 0.179 e. The molecule has 38 heteroatoms. The Morgan fingerprint density at radius 2 is 0.149 bits per heavy atom. The van der Waals surface area contributed by atoms with Crippen molar-refractivity contribution in [2.24, 2.45) is 0 Å². The van der Waals surface area contributed by atoms with Gasteiger partial charge in [0, 0.05) is 42.1 Å². The zero-order chi connectivity index (χ0) is 56.8. The van der Waals surface area contributed by atoms with Crippen molar-refractivity contribution in [2.45, 2.75) is 0 Å². The first-order chi connectivity index (χ1) is 32.8. The molecule has 6 aromatic rings. The summed E-state index contributed by atoms with van der Waals surface area (Å²) in [7, 11) is 0. The zero-order valence-electron chi connectivity index (χ0n) is 33.3. The van der Waals surface area contributed by atoms with Gasteiger partial charge in [0.1, 0.15) is 60.3 Å². The maximum absolute atomic E-state index is 9.08. The summed E-state index contributed by atoms with van der Waals surface area (Å²) in [6.45, 7) is 0. The number of rotatable bonds is 0. The van der Waals surface area contributed by atoms with E-state index in [0.717, 1.165) is 0 Å². The predicted molar refractivity (Wildman–Crippen MR) is 299 cm³/mol. The molecule has 0 aliphatic rings. The number of phenols is 12. The predicted octanol–water partition coefficient (Wildman–Crippen LogP) is 22.3. The van der Waals surface area contributed by atoms with Gasteiger partial charge in [0.05, 0.1) is 60.3 Å². The Kier molecular flexibility index (Phi) is 34.9. The molecular weight excluding hydrogens is 1670 g/mol. The van der Waals surface area contributed by atoms with Gasteiger partial charge >= 0.3 is 0 Å². The Bertz CT molecular complexity index is 1930. The molecule has 0 aromatic heterocycles. The van der Waals surface area contributed by atoms with E-state index in [1.807, 2.05) is 0 Å². The van der Waals surface area contributed by atoms with Crippen LogP contribution < -0.4 is 0 Å². The molecule has 0 atom stereocenters. The quantitative estimate of drug-likeness (QED) is 0.0294. The second-order valence-corrected chi connectivity index (χ2v) is 20.8. The maximum atomic E-state index is 9.08. The summed E-state index contributed by atoms with van der Waals surface area (Å²) in [5.74, 6) is -6.88. The van der Waals surface area contributed by atoms with E-state index < -0.39 is 69.0 Å². The monoisotopic (exact) mass is 1670 g/mol. The van der Waals surface area contributed by atoms with E-state index in [1.54, 1.807) is 0 Å². The second kappa shape index (κ2) is 33.4. The first-order valence-electron chi connectivity index (χ1n) is 16.2. The Morgan fingerprint density at radius 1 is 0.108 bits per heavy atom. The number of hydrogen-bond donors (Lipinski definition) is 12. The Balaban J connectivity index is 0. The average molecular weight is 1680 g/mol. The van der Waals surface area contributed by atoms with E-state index >= 15 is 0 Å². The first kappa shape index (κ1) is 77.3. The molecule has 0 spiro atoms. The standard InChI is InChI=1S/6C6H2Cl4O2.2Mo/c6*7-1-2(8)4(10)6(12)5(11)3(1)9;;/h6*11-12H;;. The normalized spacial score (nSPS) is 10.1. The van der Waals surface area contributed by atoms with Crippen LogP contribution in [0.5, 0.6) is 69.0 Å².